The topological polar surface area (TPSA) is 50.2 Å². The van der Waals surface area contributed by atoms with E-state index in [0.29, 0.717) is 11.7 Å². The van der Waals surface area contributed by atoms with Crippen LogP contribution in [0.2, 0.25) is 0 Å². The van der Waals surface area contributed by atoms with Gasteiger partial charge in [-0.15, -0.1) is 0 Å². The molecule has 1 unspecified atom stereocenters. The number of fused-ring (bicyclic) bond motifs is 1. The molecule has 5 heteroatoms. The molecule has 4 rings (SSSR count). The fourth-order valence-electron chi connectivity index (χ4n) is 5.33. The molecule has 144 valence electrons. The SMILES string of the molecule is CNC(=O)c1nn(CC2CCCCC2)c2c1CC(N1CCCCC1)CC2. The smallest absolute Gasteiger partial charge is 0.271 e. The molecular weight excluding hydrogens is 324 g/mol. The lowest BCUT2D eigenvalue weighted by Gasteiger charge is -2.37. The Morgan fingerprint density at radius 3 is 2.54 bits per heavy atom. The van der Waals surface area contributed by atoms with E-state index in [1.165, 1.54) is 82.1 Å². The van der Waals surface area contributed by atoms with Gasteiger partial charge in [-0.3, -0.25) is 9.48 Å². The molecule has 0 spiro atoms. The summed E-state index contributed by atoms with van der Waals surface area (Å²) in [7, 11) is 1.72. The van der Waals surface area contributed by atoms with Gasteiger partial charge in [-0.1, -0.05) is 25.7 Å². The monoisotopic (exact) mass is 358 g/mol. The summed E-state index contributed by atoms with van der Waals surface area (Å²) in [6, 6.07) is 0.596. The molecule has 2 heterocycles. The average Bonchev–Trinajstić information content (AvgIpc) is 3.06. The molecule has 26 heavy (non-hydrogen) atoms. The first-order valence-corrected chi connectivity index (χ1v) is 10.8. The van der Waals surface area contributed by atoms with Crippen LogP contribution in [-0.4, -0.2) is 46.8 Å². The summed E-state index contributed by atoms with van der Waals surface area (Å²) in [5.74, 6) is 0.730. The lowest BCUT2D eigenvalue weighted by molar-refractivity contribution is 0.0954. The second kappa shape index (κ2) is 8.12. The Labute approximate surface area is 157 Å². The largest absolute Gasteiger partial charge is 0.354 e. The van der Waals surface area contributed by atoms with Crippen molar-refractivity contribution < 1.29 is 4.79 Å². The van der Waals surface area contributed by atoms with Crippen molar-refractivity contribution >= 4 is 5.91 Å². The van der Waals surface area contributed by atoms with Gasteiger partial charge in [0.25, 0.3) is 5.91 Å². The van der Waals surface area contributed by atoms with Gasteiger partial charge in [-0.2, -0.15) is 5.10 Å². The number of amides is 1. The summed E-state index contributed by atoms with van der Waals surface area (Å²) in [5.41, 5.74) is 3.28. The van der Waals surface area contributed by atoms with Crippen molar-refractivity contribution in [1.29, 1.82) is 0 Å². The van der Waals surface area contributed by atoms with Crippen molar-refractivity contribution in [3.05, 3.63) is 17.0 Å². The second-order valence-electron chi connectivity index (χ2n) is 8.53. The third-order valence-corrected chi connectivity index (χ3v) is 6.83. The van der Waals surface area contributed by atoms with Gasteiger partial charge in [0.15, 0.2) is 5.69 Å². The molecule has 1 aliphatic heterocycles. The van der Waals surface area contributed by atoms with Crippen molar-refractivity contribution in [2.75, 3.05) is 20.1 Å². The van der Waals surface area contributed by atoms with Crippen LogP contribution in [0.5, 0.6) is 0 Å². The highest BCUT2D eigenvalue weighted by Crippen LogP contribution is 2.31. The number of nitrogens with zero attached hydrogens (tertiary/aromatic N) is 3. The minimum absolute atomic E-state index is 0.0112. The van der Waals surface area contributed by atoms with Gasteiger partial charge >= 0.3 is 0 Å². The van der Waals surface area contributed by atoms with E-state index in [0.717, 1.165) is 25.3 Å². The molecule has 1 saturated heterocycles. The maximum atomic E-state index is 12.5. The van der Waals surface area contributed by atoms with E-state index >= 15 is 0 Å². The molecule has 1 saturated carbocycles. The summed E-state index contributed by atoms with van der Waals surface area (Å²) in [5, 5.41) is 7.64. The summed E-state index contributed by atoms with van der Waals surface area (Å²) < 4.78 is 2.21. The predicted molar refractivity (Wildman–Crippen MR) is 103 cm³/mol. The maximum absolute atomic E-state index is 12.5. The van der Waals surface area contributed by atoms with Crippen molar-refractivity contribution in [1.82, 2.24) is 20.0 Å². The van der Waals surface area contributed by atoms with Gasteiger partial charge in [0.05, 0.1) is 0 Å². The molecule has 1 N–H and O–H groups in total. The lowest BCUT2D eigenvalue weighted by Crippen LogP contribution is -2.42. The number of piperidine rings is 1. The molecule has 0 bridgehead atoms. The van der Waals surface area contributed by atoms with Gasteiger partial charge in [0.2, 0.25) is 0 Å². The Bertz CT molecular complexity index is 626. The van der Waals surface area contributed by atoms with E-state index in [1.54, 1.807) is 7.05 Å². The average molecular weight is 359 g/mol. The van der Waals surface area contributed by atoms with E-state index in [1.807, 2.05) is 0 Å². The normalized spacial score (nSPS) is 25.0. The van der Waals surface area contributed by atoms with Gasteiger partial charge in [-0.25, -0.2) is 0 Å². The van der Waals surface area contributed by atoms with Crippen molar-refractivity contribution in [2.45, 2.75) is 83.2 Å². The highest BCUT2D eigenvalue weighted by Gasteiger charge is 2.32. The Hall–Kier alpha value is -1.36. The minimum Gasteiger partial charge on any atom is -0.354 e. The lowest BCUT2D eigenvalue weighted by atomic mass is 9.87. The number of nitrogens with one attached hydrogen (secondary N) is 1. The summed E-state index contributed by atoms with van der Waals surface area (Å²) >= 11 is 0. The number of carbonyl (C=O) groups is 1. The first kappa shape index (κ1) is 18.0. The standard InChI is InChI=1S/C21H34N4O/c1-22-21(26)20-18-14-17(24-12-6-3-7-13-24)10-11-19(18)25(23-20)15-16-8-4-2-5-9-16/h16-17H,2-15H2,1H3,(H,22,26). The number of rotatable bonds is 4. The Kier molecular flexibility index (Phi) is 5.63. The fraction of sp³-hybridized carbons (Fsp3) is 0.810. The molecule has 0 radical (unpaired) electrons. The molecule has 1 amide bonds. The number of carbonyl (C=O) groups excluding carboxylic acids is 1. The quantitative estimate of drug-likeness (QED) is 0.899. The third-order valence-electron chi connectivity index (χ3n) is 6.83. The first-order valence-electron chi connectivity index (χ1n) is 10.8. The van der Waals surface area contributed by atoms with Crippen molar-refractivity contribution in [3.8, 4) is 0 Å². The number of aromatic nitrogens is 2. The fourth-order valence-corrected chi connectivity index (χ4v) is 5.33. The van der Waals surface area contributed by atoms with Crippen LogP contribution in [0.4, 0.5) is 0 Å². The Balaban J connectivity index is 1.56. The molecule has 1 aromatic rings. The van der Waals surface area contributed by atoms with Crippen LogP contribution in [0.25, 0.3) is 0 Å². The van der Waals surface area contributed by atoms with Crippen LogP contribution < -0.4 is 5.32 Å². The van der Waals surface area contributed by atoms with Crippen molar-refractivity contribution in [3.63, 3.8) is 0 Å². The summed E-state index contributed by atoms with van der Waals surface area (Å²) in [4.78, 5) is 15.1. The van der Waals surface area contributed by atoms with Gasteiger partial charge in [-0.05, 0) is 64.0 Å². The van der Waals surface area contributed by atoms with E-state index in [4.69, 9.17) is 5.10 Å². The zero-order valence-electron chi connectivity index (χ0n) is 16.3. The third kappa shape index (κ3) is 3.68. The molecule has 5 nitrogen and oxygen atoms in total. The number of likely N-dealkylation sites (tertiary alicyclic amines) is 1. The zero-order chi connectivity index (χ0) is 17.9. The van der Waals surface area contributed by atoms with Gasteiger partial charge < -0.3 is 10.2 Å². The first-order chi connectivity index (χ1) is 12.8. The molecule has 3 aliphatic rings. The highest BCUT2D eigenvalue weighted by atomic mass is 16.1. The highest BCUT2D eigenvalue weighted by molar-refractivity contribution is 5.93. The predicted octanol–water partition coefficient (Wildman–Crippen LogP) is 3.17. The van der Waals surface area contributed by atoms with E-state index in [2.05, 4.69) is 14.9 Å². The second-order valence-corrected chi connectivity index (χ2v) is 8.53. The number of hydrogen-bond acceptors (Lipinski definition) is 3. The zero-order valence-corrected chi connectivity index (χ0v) is 16.3. The molecule has 2 aliphatic carbocycles. The van der Waals surface area contributed by atoms with Crippen LogP contribution >= 0.6 is 0 Å². The van der Waals surface area contributed by atoms with Crippen LogP contribution in [0.1, 0.15) is 79.5 Å². The van der Waals surface area contributed by atoms with E-state index < -0.39 is 0 Å². The maximum Gasteiger partial charge on any atom is 0.271 e. The molecule has 1 atom stereocenters. The van der Waals surface area contributed by atoms with Crippen LogP contribution in [0.15, 0.2) is 0 Å². The molecule has 1 aromatic heterocycles. The van der Waals surface area contributed by atoms with Crippen LogP contribution in [0.3, 0.4) is 0 Å². The Morgan fingerprint density at radius 1 is 1.08 bits per heavy atom. The van der Waals surface area contributed by atoms with Crippen molar-refractivity contribution in [2.24, 2.45) is 5.92 Å². The molecular formula is C21H34N4O. The molecule has 2 fully saturated rings. The van der Waals surface area contributed by atoms with Gasteiger partial charge in [0.1, 0.15) is 0 Å². The van der Waals surface area contributed by atoms with E-state index in [9.17, 15) is 4.79 Å². The van der Waals surface area contributed by atoms with Crippen LogP contribution in [-0.2, 0) is 19.4 Å². The summed E-state index contributed by atoms with van der Waals surface area (Å²) in [6.07, 6.45) is 14.1. The van der Waals surface area contributed by atoms with E-state index in [-0.39, 0.29) is 5.91 Å². The van der Waals surface area contributed by atoms with Gasteiger partial charge in [0, 0.05) is 30.9 Å². The van der Waals surface area contributed by atoms with Crippen LogP contribution in [0, 0.1) is 5.92 Å². The Morgan fingerprint density at radius 2 is 1.81 bits per heavy atom. The molecule has 0 aromatic carbocycles. The minimum atomic E-state index is -0.0112. The number of hydrogen-bond donors (Lipinski definition) is 1. The summed E-state index contributed by atoms with van der Waals surface area (Å²) in [6.45, 7) is 3.46.